The van der Waals surface area contributed by atoms with Crippen LogP contribution in [0.2, 0.25) is 0 Å². The Balaban J connectivity index is 1.71. The van der Waals surface area contributed by atoms with E-state index in [2.05, 4.69) is 17.1 Å². The van der Waals surface area contributed by atoms with Gasteiger partial charge < -0.3 is 36.4 Å². The van der Waals surface area contributed by atoms with Crippen molar-refractivity contribution < 1.29 is 19.4 Å². The first-order valence-electron chi connectivity index (χ1n) is 9.74. The van der Waals surface area contributed by atoms with Crippen LogP contribution in [0.25, 0.3) is 0 Å². The lowest BCUT2D eigenvalue weighted by Gasteiger charge is -2.40. The predicted octanol–water partition coefficient (Wildman–Crippen LogP) is 1.75. The van der Waals surface area contributed by atoms with Crippen LogP contribution in [0, 0.1) is 0 Å². The molecule has 3 rings (SSSR count). The minimum Gasteiger partial charge on any atom is -0.460 e. The SMILES string of the molecule is CC1CN(C(N)=O)CCN1c1cccc(Nc2ccc(C(=O)OCCO)cc2N)c1. The van der Waals surface area contributed by atoms with Crippen molar-refractivity contribution in [2.75, 3.05) is 48.8 Å². The molecule has 2 aromatic carbocycles. The van der Waals surface area contributed by atoms with Crippen LogP contribution in [0.1, 0.15) is 17.3 Å². The number of carbonyl (C=O) groups excluding carboxylic acids is 2. The number of primary amides is 1. The number of ether oxygens (including phenoxy) is 1. The second-order valence-electron chi connectivity index (χ2n) is 7.16. The van der Waals surface area contributed by atoms with Gasteiger partial charge in [0.15, 0.2) is 0 Å². The Hall–Kier alpha value is -3.46. The van der Waals surface area contributed by atoms with Gasteiger partial charge in [-0.1, -0.05) is 6.07 Å². The number of esters is 1. The summed E-state index contributed by atoms with van der Waals surface area (Å²) in [4.78, 5) is 27.2. The fourth-order valence-corrected chi connectivity index (χ4v) is 3.48. The molecule has 0 saturated carbocycles. The molecule has 0 bridgehead atoms. The third-order valence-corrected chi connectivity index (χ3v) is 5.01. The first-order chi connectivity index (χ1) is 14.4. The minimum atomic E-state index is -0.534. The number of nitrogens with one attached hydrogen (secondary N) is 1. The summed E-state index contributed by atoms with van der Waals surface area (Å²) in [6.45, 7) is 3.62. The number of hydrogen-bond donors (Lipinski definition) is 4. The number of nitrogens with two attached hydrogens (primary N) is 2. The van der Waals surface area contributed by atoms with Gasteiger partial charge in [0.25, 0.3) is 0 Å². The zero-order valence-corrected chi connectivity index (χ0v) is 16.9. The summed E-state index contributed by atoms with van der Waals surface area (Å²) in [5.41, 5.74) is 14.8. The van der Waals surface area contributed by atoms with Crippen molar-refractivity contribution >= 4 is 34.7 Å². The monoisotopic (exact) mass is 413 g/mol. The molecule has 1 saturated heterocycles. The molecule has 0 aromatic heterocycles. The maximum absolute atomic E-state index is 11.9. The van der Waals surface area contributed by atoms with Crippen molar-refractivity contribution in [1.29, 1.82) is 0 Å². The Labute approximate surface area is 175 Å². The fourth-order valence-electron chi connectivity index (χ4n) is 3.48. The van der Waals surface area contributed by atoms with E-state index in [1.54, 1.807) is 17.0 Å². The van der Waals surface area contributed by atoms with Gasteiger partial charge in [-0.05, 0) is 43.3 Å². The second-order valence-corrected chi connectivity index (χ2v) is 7.16. The van der Waals surface area contributed by atoms with Crippen molar-refractivity contribution in [3.05, 3.63) is 48.0 Å². The van der Waals surface area contributed by atoms with Gasteiger partial charge in [0.05, 0.1) is 23.5 Å². The molecule has 1 atom stereocenters. The third-order valence-electron chi connectivity index (χ3n) is 5.01. The van der Waals surface area contributed by atoms with Gasteiger partial charge in [0.1, 0.15) is 6.61 Å². The number of amides is 2. The molecule has 0 radical (unpaired) electrons. The highest BCUT2D eigenvalue weighted by atomic mass is 16.5. The van der Waals surface area contributed by atoms with Gasteiger partial charge in [0, 0.05) is 37.1 Å². The molecule has 9 nitrogen and oxygen atoms in total. The molecular weight excluding hydrogens is 386 g/mol. The molecule has 2 aromatic rings. The largest absolute Gasteiger partial charge is 0.460 e. The average molecular weight is 413 g/mol. The number of hydrogen-bond acceptors (Lipinski definition) is 7. The van der Waals surface area contributed by atoms with Crippen LogP contribution in [-0.2, 0) is 4.74 Å². The summed E-state index contributed by atoms with van der Waals surface area (Å²) in [6.07, 6.45) is 0. The number of aliphatic hydroxyl groups excluding tert-OH is 1. The lowest BCUT2D eigenvalue weighted by molar-refractivity contribution is 0.0434. The van der Waals surface area contributed by atoms with Crippen LogP contribution in [0.15, 0.2) is 42.5 Å². The van der Waals surface area contributed by atoms with E-state index in [0.717, 1.165) is 11.4 Å². The predicted molar refractivity (Wildman–Crippen MR) is 116 cm³/mol. The van der Waals surface area contributed by atoms with Crippen LogP contribution >= 0.6 is 0 Å². The van der Waals surface area contributed by atoms with Gasteiger partial charge in [-0.3, -0.25) is 0 Å². The Morgan fingerprint density at radius 1 is 1.23 bits per heavy atom. The normalized spacial score (nSPS) is 16.3. The molecule has 160 valence electrons. The number of nitrogen functional groups attached to an aromatic ring is 1. The van der Waals surface area contributed by atoms with Crippen molar-refractivity contribution in [2.45, 2.75) is 13.0 Å². The van der Waals surface area contributed by atoms with Crippen molar-refractivity contribution in [1.82, 2.24) is 4.90 Å². The first-order valence-corrected chi connectivity index (χ1v) is 9.74. The average Bonchev–Trinajstić information content (AvgIpc) is 2.73. The van der Waals surface area contributed by atoms with Crippen LogP contribution in [0.5, 0.6) is 0 Å². The second kappa shape index (κ2) is 9.36. The van der Waals surface area contributed by atoms with E-state index >= 15 is 0 Å². The number of piperazine rings is 1. The van der Waals surface area contributed by atoms with Crippen LogP contribution < -0.4 is 21.7 Å². The Morgan fingerprint density at radius 3 is 2.70 bits per heavy atom. The Kier molecular flexibility index (Phi) is 6.63. The molecule has 1 aliphatic rings. The zero-order chi connectivity index (χ0) is 21.7. The first kappa shape index (κ1) is 21.3. The molecule has 6 N–H and O–H groups in total. The minimum absolute atomic E-state index is 0.0579. The molecule has 1 fully saturated rings. The number of urea groups is 1. The summed E-state index contributed by atoms with van der Waals surface area (Å²) in [5.74, 6) is -0.534. The number of rotatable bonds is 6. The lowest BCUT2D eigenvalue weighted by atomic mass is 10.1. The quantitative estimate of drug-likeness (QED) is 0.419. The molecule has 1 aliphatic heterocycles. The summed E-state index contributed by atoms with van der Waals surface area (Å²) in [5, 5.41) is 12.0. The molecule has 0 spiro atoms. The van der Waals surface area contributed by atoms with E-state index in [1.807, 2.05) is 24.3 Å². The lowest BCUT2D eigenvalue weighted by Crippen LogP contribution is -2.55. The molecule has 2 amide bonds. The standard InChI is InChI=1S/C21H27N5O4/c1-14-13-25(21(23)29)7-8-26(14)17-4-2-3-16(12-17)24-19-6-5-15(11-18(19)22)20(28)30-10-9-27/h2-6,11-12,14,24,27H,7-10,13,22H2,1H3,(H2,23,29). The molecule has 1 unspecified atom stereocenters. The van der Waals surface area contributed by atoms with Crippen molar-refractivity contribution in [2.24, 2.45) is 5.73 Å². The van der Waals surface area contributed by atoms with Crippen LogP contribution in [-0.4, -0.2) is 60.9 Å². The third kappa shape index (κ3) is 4.93. The number of carbonyl (C=O) groups is 2. The summed E-state index contributed by atoms with van der Waals surface area (Å²) in [7, 11) is 0. The smallest absolute Gasteiger partial charge is 0.338 e. The number of benzene rings is 2. The molecule has 9 heteroatoms. The Morgan fingerprint density at radius 2 is 2.03 bits per heavy atom. The summed E-state index contributed by atoms with van der Waals surface area (Å²) < 4.78 is 4.90. The van der Waals surface area contributed by atoms with E-state index < -0.39 is 12.0 Å². The van der Waals surface area contributed by atoms with Gasteiger partial charge in [0.2, 0.25) is 0 Å². The molecule has 0 aliphatic carbocycles. The van der Waals surface area contributed by atoms with Gasteiger partial charge in [-0.15, -0.1) is 0 Å². The highest BCUT2D eigenvalue weighted by molar-refractivity contribution is 5.92. The van der Waals surface area contributed by atoms with Gasteiger partial charge in [-0.2, -0.15) is 0 Å². The maximum Gasteiger partial charge on any atom is 0.338 e. The zero-order valence-electron chi connectivity index (χ0n) is 16.9. The molecule has 1 heterocycles. The van der Waals surface area contributed by atoms with E-state index in [4.69, 9.17) is 21.3 Å². The topological polar surface area (TPSA) is 134 Å². The molecular formula is C21H27N5O4. The van der Waals surface area contributed by atoms with E-state index in [0.29, 0.717) is 36.6 Å². The van der Waals surface area contributed by atoms with Crippen molar-refractivity contribution in [3.8, 4) is 0 Å². The van der Waals surface area contributed by atoms with Crippen LogP contribution in [0.4, 0.5) is 27.5 Å². The molecule has 30 heavy (non-hydrogen) atoms. The summed E-state index contributed by atoms with van der Waals surface area (Å²) >= 11 is 0. The highest BCUT2D eigenvalue weighted by Gasteiger charge is 2.25. The number of aliphatic hydroxyl groups is 1. The fraction of sp³-hybridized carbons (Fsp3) is 0.333. The van der Waals surface area contributed by atoms with E-state index in [1.165, 1.54) is 6.07 Å². The van der Waals surface area contributed by atoms with Gasteiger partial charge in [-0.25, -0.2) is 9.59 Å². The van der Waals surface area contributed by atoms with Gasteiger partial charge >= 0.3 is 12.0 Å². The van der Waals surface area contributed by atoms with E-state index in [9.17, 15) is 9.59 Å². The van der Waals surface area contributed by atoms with E-state index in [-0.39, 0.29) is 19.3 Å². The summed E-state index contributed by atoms with van der Waals surface area (Å²) in [6, 6.07) is 12.5. The number of anilines is 4. The number of nitrogens with zero attached hydrogens (tertiary/aromatic N) is 2. The highest BCUT2D eigenvalue weighted by Crippen LogP contribution is 2.28. The maximum atomic E-state index is 11.9. The van der Waals surface area contributed by atoms with Crippen molar-refractivity contribution in [3.63, 3.8) is 0 Å². The van der Waals surface area contributed by atoms with Crippen LogP contribution in [0.3, 0.4) is 0 Å². The Bertz CT molecular complexity index is 920.